The zero-order valence-corrected chi connectivity index (χ0v) is 25.3. The molecule has 2 aromatic carbocycles. The molecule has 0 amide bonds. The van der Waals surface area contributed by atoms with Crippen molar-refractivity contribution in [2.45, 2.75) is 101 Å². The molecule has 0 spiro atoms. The van der Waals surface area contributed by atoms with E-state index in [0.717, 1.165) is 5.57 Å². The van der Waals surface area contributed by atoms with Gasteiger partial charge in [-0.25, -0.2) is 9.59 Å². The molecule has 6 rings (SSSR count). The molecule has 3 fully saturated rings. The van der Waals surface area contributed by atoms with Gasteiger partial charge in [-0.05, 0) is 75.1 Å². The van der Waals surface area contributed by atoms with Crippen molar-refractivity contribution in [3.05, 3.63) is 83.4 Å². The van der Waals surface area contributed by atoms with Gasteiger partial charge < -0.3 is 35.0 Å². The molecule has 9 heteroatoms. The van der Waals surface area contributed by atoms with Crippen LogP contribution in [0.1, 0.15) is 80.0 Å². The number of hydrogen-bond donors (Lipinski definition) is 5. The highest BCUT2D eigenvalue weighted by Crippen LogP contribution is 2.71. The van der Waals surface area contributed by atoms with E-state index in [4.69, 9.17) is 9.47 Å². The number of fused-ring (bicyclic) bond motifs is 5. The highest BCUT2D eigenvalue weighted by atomic mass is 16.6. The predicted octanol–water partition coefficient (Wildman–Crippen LogP) is 3.32. The third-order valence-corrected chi connectivity index (χ3v) is 11.9. The van der Waals surface area contributed by atoms with Crippen LogP contribution in [0.2, 0.25) is 0 Å². The number of carbonyl (C=O) groups is 2. The summed E-state index contributed by atoms with van der Waals surface area (Å²) in [4.78, 5) is 26.7. The van der Waals surface area contributed by atoms with Crippen molar-refractivity contribution in [2.24, 2.45) is 16.7 Å². The minimum absolute atomic E-state index is 0.0105. The van der Waals surface area contributed by atoms with Crippen LogP contribution in [0.4, 0.5) is 0 Å². The molecule has 4 aliphatic rings. The Bertz CT molecular complexity index is 1460. The lowest BCUT2D eigenvalue weighted by Crippen LogP contribution is -2.81. The molecule has 236 valence electrons. The summed E-state index contributed by atoms with van der Waals surface area (Å²) < 4.78 is 12.0. The van der Waals surface area contributed by atoms with Crippen LogP contribution >= 0.6 is 0 Å². The maximum Gasteiger partial charge on any atom is 0.338 e. The quantitative estimate of drug-likeness (QED) is 0.255. The number of rotatable bonds is 5. The summed E-state index contributed by atoms with van der Waals surface area (Å²) in [6, 6.07) is 16.7. The molecule has 0 aromatic heterocycles. The second kappa shape index (κ2) is 10.5. The fourth-order valence-electron chi connectivity index (χ4n) is 9.18. The van der Waals surface area contributed by atoms with Crippen LogP contribution in [0.3, 0.4) is 0 Å². The summed E-state index contributed by atoms with van der Waals surface area (Å²) in [5.74, 6) is -2.12. The fourth-order valence-corrected chi connectivity index (χ4v) is 9.18. The third-order valence-electron chi connectivity index (χ3n) is 11.9. The van der Waals surface area contributed by atoms with Gasteiger partial charge in [0.25, 0.3) is 0 Å². The van der Waals surface area contributed by atoms with Crippen LogP contribution < -0.4 is 0 Å². The van der Waals surface area contributed by atoms with Crippen molar-refractivity contribution in [1.29, 1.82) is 0 Å². The van der Waals surface area contributed by atoms with Crippen LogP contribution in [-0.4, -0.2) is 78.7 Å². The number of aliphatic hydroxyl groups is 5. The van der Waals surface area contributed by atoms with Crippen LogP contribution in [0.15, 0.2) is 72.3 Å². The van der Waals surface area contributed by atoms with Crippen molar-refractivity contribution in [1.82, 2.24) is 0 Å². The number of hydrogen-bond acceptors (Lipinski definition) is 9. The van der Waals surface area contributed by atoms with Gasteiger partial charge in [0.2, 0.25) is 0 Å². The molecule has 0 heterocycles. The van der Waals surface area contributed by atoms with E-state index in [-0.39, 0.29) is 30.4 Å². The smallest absolute Gasteiger partial charge is 0.338 e. The Hall–Kier alpha value is -3.08. The third kappa shape index (κ3) is 4.09. The number of esters is 2. The fraction of sp³-hybridized carbons (Fsp3) is 0.543. The number of carbonyl (C=O) groups excluding carboxylic acids is 2. The summed E-state index contributed by atoms with van der Waals surface area (Å²) in [6.45, 7) is 5.05. The zero-order valence-electron chi connectivity index (χ0n) is 25.3. The van der Waals surface area contributed by atoms with E-state index >= 15 is 0 Å². The Morgan fingerprint density at radius 2 is 1.45 bits per heavy atom. The van der Waals surface area contributed by atoms with Gasteiger partial charge in [0.15, 0.2) is 0 Å². The van der Waals surface area contributed by atoms with Gasteiger partial charge in [-0.1, -0.05) is 61.9 Å². The summed E-state index contributed by atoms with van der Waals surface area (Å²) in [7, 11) is 0. The molecule has 0 aliphatic heterocycles. The van der Waals surface area contributed by atoms with Crippen molar-refractivity contribution >= 4 is 11.9 Å². The number of aliphatic hydroxyl groups excluding tert-OH is 2. The maximum atomic E-state index is 13.6. The van der Waals surface area contributed by atoms with E-state index in [1.165, 1.54) is 6.92 Å². The van der Waals surface area contributed by atoms with Gasteiger partial charge >= 0.3 is 11.9 Å². The van der Waals surface area contributed by atoms with Crippen molar-refractivity contribution in [2.75, 3.05) is 0 Å². The molecule has 44 heavy (non-hydrogen) atoms. The first-order valence-corrected chi connectivity index (χ1v) is 15.5. The van der Waals surface area contributed by atoms with Crippen molar-refractivity contribution < 1.29 is 44.6 Å². The normalized spacial score (nSPS) is 41.8. The van der Waals surface area contributed by atoms with Crippen LogP contribution in [0.25, 0.3) is 0 Å². The highest BCUT2D eigenvalue weighted by molar-refractivity contribution is 5.90. The van der Waals surface area contributed by atoms with Gasteiger partial charge in [0, 0.05) is 5.92 Å². The van der Waals surface area contributed by atoms with Crippen LogP contribution in [0, 0.1) is 16.7 Å². The molecule has 0 saturated heterocycles. The van der Waals surface area contributed by atoms with Gasteiger partial charge in [0.1, 0.15) is 35.1 Å². The summed E-state index contributed by atoms with van der Waals surface area (Å²) in [5.41, 5.74) is -7.46. The average Bonchev–Trinajstić information content (AvgIpc) is 3.24. The molecule has 0 bridgehead atoms. The van der Waals surface area contributed by atoms with E-state index < -0.39 is 69.9 Å². The summed E-state index contributed by atoms with van der Waals surface area (Å²) in [6.07, 6.45) is -1.88. The summed E-state index contributed by atoms with van der Waals surface area (Å²) in [5, 5.41) is 60.2. The maximum absolute atomic E-state index is 13.6. The highest BCUT2D eigenvalue weighted by Gasteiger charge is 2.83. The minimum Gasteiger partial charge on any atom is -0.458 e. The Morgan fingerprint density at radius 3 is 2.07 bits per heavy atom. The van der Waals surface area contributed by atoms with Crippen LogP contribution in [-0.2, 0) is 9.47 Å². The van der Waals surface area contributed by atoms with Gasteiger partial charge in [-0.3, -0.25) is 0 Å². The Kier molecular flexibility index (Phi) is 7.37. The molecular weight excluding hydrogens is 564 g/mol. The lowest BCUT2D eigenvalue weighted by molar-refractivity contribution is -0.341. The minimum atomic E-state index is -2.17. The molecule has 3 saturated carbocycles. The molecule has 2 aromatic rings. The monoisotopic (exact) mass is 606 g/mol. The standard InChI is InChI=1S/C35H42O9/c1-21(43-29(38)22-10-6-4-7-11-22)33(40)16-17-34(41)32(33,3)28(44-30(39)23-12-8-5-9-13-23)20-26-31(2)15-14-25(36)18-24(31)19-27(37)35(26,34)42/h4-13,19,21,25-28,36-37,40-42H,14-18,20H2,1-3H3. The largest absolute Gasteiger partial charge is 0.458 e. The molecule has 10 unspecified atom stereocenters. The Labute approximate surface area is 257 Å². The molecule has 9 nitrogen and oxygen atoms in total. The van der Waals surface area contributed by atoms with Crippen molar-refractivity contribution in [3.63, 3.8) is 0 Å². The number of benzene rings is 2. The van der Waals surface area contributed by atoms with Gasteiger partial charge in [-0.2, -0.15) is 0 Å². The summed E-state index contributed by atoms with van der Waals surface area (Å²) >= 11 is 0. The number of ether oxygens (including phenoxy) is 2. The van der Waals surface area contributed by atoms with E-state index in [9.17, 15) is 35.1 Å². The molecule has 5 N–H and O–H groups in total. The average molecular weight is 607 g/mol. The first-order chi connectivity index (χ1) is 20.7. The molecule has 0 radical (unpaired) electrons. The Balaban J connectivity index is 1.46. The molecule has 10 atom stereocenters. The van der Waals surface area contributed by atoms with E-state index in [0.29, 0.717) is 19.3 Å². The topological polar surface area (TPSA) is 154 Å². The SMILES string of the molecule is CC(OC(=O)c1ccccc1)C1(O)CCC2(O)C3(O)C(O)C=C4CC(O)CCC4(C)C3CC(OC(=O)c3ccccc3)C12C. The van der Waals surface area contributed by atoms with Crippen molar-refractivity contribution in [3.8, 4) is 0 Å². The first kappa shape index (κ1) is 30.9. The van der Waals surface area contributed by atoms with Gasteiger partial charge in [0.05, 0.1) is 22.6 Å². The van der Waals surface area contributed by atoms with E-state index in [2.05, 4.69) is 0 Å². The van der Waals surface area contributed by atoms with E-state index in [1.807, 2.05) is 6.92 Å². The lowest BCUT2D eigenvalue weighted by Gasteiger charge is -2.68. The predicted molar refractivity (Wildman–Crippen MR) is 159 cm³/mol. The lowest BCUT2D eigenvalue weighted by atomic mass is 9.41. The zero-order chi connectivity index (χ0) is 31.7. The first-order valence-electron chi connectivity index (χ1n) is 15.5. The molecule has 4 aliphatic carbocycles. The van der Waals surface area contributed by atoms with E-state index in [1.54, 1.807) is 73.7 Å². The molecular formula is C35H42O9. The second-order valence-electron chi connectivity index (χ2n) is 13.7. The second-order valence-corrected chi connectivity index (χ2v) is 13.7. The Morgan fingerprint density at radius 1 is 0.864 bits per heavy atom. The van der Waals surface area contributed by atoms with Crippen LogP contribution in [0.5, 0.6) is 0 Å². The van der Waals surface area contributed by atoms with Gasteiger partial charge in [-0.15, -0.1) is 0 Å².